The summed E-state index contributed by atoms with van der Waals surface area (Å²) in [5.74, 6) is 1.27. The Bertz CT molecular complexity index is 631. The van der Waals surface area contributed by atoms with Gasteiger partial charge in [0.2, 0.25) is 5.91 Å². The van der Waals surface area contributed by atoms with Crippen LogP contribution in [-0.4, -0.2) is 26.2 Å². The lowest BCUT2D eigenvalue weighted by Gasteiger charge is -2.11. The first-order chi connectivity index (χ1) is 10.7. The van der Waals surface area contributed by atoms with Crippen molar-refractivity contribution in [3.8, 4) is 11.5 Å². The molecule has 0 spiro atoms. The van der Waals surface area contributed by atoms with Crippen LogP contribution in [-0.2, 0) is 11.2 Å². The topological polar surface area (TPSA) is 47.6 Å². The van der Waals surface area contributed by atoms with Gasteiger partial charge in [0, 0.05) is 5.02 Å². The van der Waals surface area contributed by atoms with Crippen LogP contribution >= 0.6 is 11.6 Å². The summed E-state index contributed by atoms with van der Waals surface area (Å²) in [6, 6.07) is 14.7. The van der Waals surface area contributed by atoms with Gasteiger partial charge in [-0.3, -0.25) is 4.79 Å². The molecule has 0 aromatic heterocycles. The summed E-state index contributed by atoms with van der Waals surface area (Å²) >= 11 is 5.89. The highest BCUT2D eigenvalue weighted by Crippen LogP contribution is 2.25. The lowest BCUT2D eigenvalue weighted by atomic mass is 10.1. The average Bonchev–Trinajstić information content (AvgIpc) is 2.52. The summed E-state index contributed by atoms with van der Waals surface area (Å²) < 4.78 is 10.8. The van der Waals surface area contributed by atoms with E-state index >= 15 is 0 Å². The van der Waals surface area contributed by atoms with Gasteiger partial charge in [-0.1, -0.05) is 35.9 Å². The predicted molar refractivity (Wildman–Crippen MR) is 86.7 cm³/mol. The molecule has 0 bridgehead atoms. The second kappa shape index (κ2) is 8.29. The fourth-order valence-corrected chi connectivity index (χ4v) is 2.20. The molecule has 1 N–H and O–H groups in total. The Labute approximate surface area is 135 Å². The molecule has 0 atom stereocenters. The van der Waals surface area contributed by atoms with Crippen LogP contribution in [0, 0.1) is 0 Å². The Morgan fingerprint density at radius 1 is 1.14 bits per heavy atom. The molecule has 116 valence electrons. The number of nitrogens with one attached hydrogen (secondary N) is 1. The van der Waals surface area contributed by atoms with Crippen molar-refractivity contribution in [2.75, 3.05) is 20.3 Å². The zero-order chi connectivity index (χ0) is 15.8. The van der Waals surface area contributed by atoms with Gasteiger partial charge >= 0.3 is 0 Å². The van der Waals surface area contributed by atoms with Crippen molar-refractivity contribution in [1.82, 2.24) is 5.32 Å². The third kappa shape index (κ3) is 4.97. The molecule has 0 saturated carbocycles. The van der Waals surface area contributed by atoms with Gasteiger partial charge in [0.15, 0.2) is 11.5 Å². The van der Waals surface area contributed by atoms with Crippen LogP contribution in [0.25, 0.3) is 0 Å². The van der Waals surface area contributed by atoms with E-state index < -0.39 is 0 Å². The minimum absolute atomic E-state index is 0.0640. The van der Waals surface area contributed by atoms with Crippen molar-refractivity contribution in [1.29, 1.82) is 0 Å². The fraction of sp³-hybridized carbons (Fsp3) is 0.235. The number of rotatable bonds is 7. The summed E-state index contributed by atoms with van der Waals surface area (Å²) in [7, 11) is 1.59. The van der Waals surface area contributed by atoms with E-state index in [9.17, 15) is 4.79 Å². The summed E-state index contributed by atoms with van der Waals surface area (Å²) in [6.07, 6.45) is 0.301. The first-order valence-electron chi connectivity index (χ1n) is 6.96. The number of amides is 1. The van der Waals surface area contributed by atoms with E-state index in [1.54, 1.807) is 19.2 Å². The second-order valence-electron chi connectivity index (χ2n) is 4.66. The molecule has 22 heavy (non-hydrogen) atoms. The molecule has 2 rings (SSSR count). The predicted octanol–water partition coefficient (Wildman–Crippen LogP) is 3.09. The molecule has 2 aromatic carbocycles. The average molecular weight is 320 g/mol. The number of hydrogen-bond donors (Lipinski definition) is 1. The molecule has 0 aliphatic rings. The number of halogens is 1. The van der Waals surface area contributed by atoms with Crippen LogP contribution in [0.4, 0.5) is 0 Å². The van der Waals surface area contributed by atoms with Crippen molar-refractivity contribution < 1.29 is 14.3 Å². The molecule has 0 aliphatic heterocycles. The van der Waals surface area contributed by atoms with Gasteiger partial charge in [-0.2, -0.15) is 0 Å². The van der Waals surface area contributed by atoms with Crippen LogP contribution in [0.3, 0.4) is 0 Å². The lowest BCUT2D eigenvalue weighted by molar-refractivity contribution is -0.120. The normalized spacial score (nSPS) is 10.1. The Kier molecular flexibility index (Phi) is 6.10. The standard InChI is InChI=1S/C17H18ClNO3/c1-21-15-7-2-3-8-16(15)22-10-9-19-17(20)12-13-5-4-6-14(18)11-13/h2-8,11H,9-10,12H2,1H3,(H,19,20). The van der Waals surface area contributed by atoms with Crippen LogP contribution < -0.4 is 14.8 Å². The van der Waals surface area contributed by atoms with Crippen molar-refractivity contribution in [3.05, 3.63) is 59.1 Å². The van der Waals surface area contributed by atoms with E-state index in [-0.39, 0.29) is 5.91 Å². The van der Waals surface area contributed by atoms with Crippen molar-refractivity contribution in [2.45, 2.75) is 6.42 Å². The number of methoxy groups -OCH3 is 1. The minimum Gasteiger partial charge on any atom is -0.493 e. The van der Waals surface area contributed by atoms with Crippen molar-refractivity contribution in [3.63, 3.8) is 0 Å². The summed E-state index contributed by atoms with van der Waals surface area (Å²) in [5, 5.41) is 3.44. The van der Waals surface area contributed by atoms with Gasteiger partial charge < -0.3 is 14.8 Å². The Morgan fingerprint density at radius 2 is 1.91 bits per heavy atom. The number of para-hydroxylation sites is 2. The third-order valence-electron chi connectivity index (χ3n) is 3.00. The Morgan fingerprint density at radius 3 is 2.64 bits per heavy atom. The number of benzene rings is 2. The van der Waals surface area contributed by atoms with Gasteiger partial charge in [-0.15, -0.1) is 0 Å². The lowest BCUT2D eigenvalue weighted by Crippen LogP contribution is -2.29. The fourth-order valence-electron chi connectivity index (χ4n) is 1.98. The molecule has 0 aliphatic carbocycles. The van der Waals surface area contributed by atoms with Gasteiger partial charge in [0.1, 0.15) is 6.61 Å². The van der Waals surface area contributed by atoms with E-state index in [1.165, 1.54) is 0 Å². The smallest absolute Gasteiger partial charge is 0.224 e. The maximum absolute atomic E-state index is 11.8. The number of carbonyl (C=O) groups excluding carboxylic acids is 1. The van der Waals surface area contributed by atoms with Gasteiger partial charge in [-0.05, 0) is 29.8 Å². The van der Waals surface area contributed by atoms with Crippen LogP contribution in [0.15, 0.2) is 48.5 Å². The van der Waals surface area contributed by atoms with Gasteiger partial charge in [0.05, 0.1) is 20.1 Å². The first-order valence-corrected chi connectivity index (χ1v) is 7.34. The highest BCUT2D eigenvalue weighted by atomic mass is 35.5. The summed E-state index contributed by atoms with van der Waals surface area (Å²) in [4.78, 5) is 11.8. The zero-order valence-electron chi connectivity index (χ0n) is 12.3. The molecule has 0 heterocycles. The third-order valence-corrected chi connectivity index (χ3v) is 3.24. The molecule has 5 heteroatoms. The number of hydrogen-bond acceptors (Lipinski definition) is 3. The van der Waals surface area contributed by atoms with E-state index in [2.05, 4.69) is 5.32 Å². The highest BCUT2D eigenvalue weighted by molar-refractivity contribution is 6.30. The molecular formula is C17H18ClNO3. The van der Waals surface area contributed by atoms with E-state index in [0.29, 0.717) is 36.1 Å². The highest BCUT2D eigenvalue weighted by Gasteiger charge is 2.05. The summed E-state index contributed by atoms with van der Waals surface area (Å²) in [5.41, 5.74) is 0.885. The van der Waals surface area contributed by atoms with Gasteiger partial charge in [0.25, 0.3) is 0 Å². The minimum atomic E-state index is -0.0640. The van der Waals surface area contributed by atoms with Crippen LogP contribution in [0.5, 0.6) is 11.5 Å². The molecule has 0 saturated heterocycles. The zero-order valence-corrected chi connectivity index (χ0v) is 13.1. The van der Waals surface area contributed by atoms with E-state index in [4.69, 9.17) is 21.1 Å². The second-order valence-corrected chi connectivity index (χ2v) is 5.09. The molecule has 0 fully saturated rings. The van der Waals surface area contributed by atoms with Crippen molar-refractivity contribution >= 4 is 17.5 Å². The first kappa shape index (κ1) is 16.2. The van der Waals surface area contributed by atoms with E-state index in [1.807, 2.05) is 36.4 Å². The van der Waals surface area contributed by atoms with Crippen LogP contribution in [0.2, 0.25) is 5.02 Å². The Hall–Kier alpha value is -2.20. The molecular weight excluding hydrogens is 302 g/mol. The number of carbonyl (C=O) groups is 1. The quantitative estimate of drug-likeness (QED) is 0.798. The van der Waals surface area contributed by atoms with E-state index in [0.717, 1.165) is 5.56 Å². The molecule has 4 nitrogen and oxygen atoms in total. The summed E-state index contributed by atoms with van der Waals surface area (Å²) in [6.45, 7) is 0.805. The number of ether oxygens (including phenoxy) is 2. The SMILES string of the molecule is COc1ccccc1OCCNC(=O)Cc1cccc(Cl)c1. The molecule has 1 amide bonds. The molecule has 0 unspecified atom stereocenters. The van der Waals surface area contributed by atoms with Crippen molar-refractivity contribution in [2.24, 2.45) is 0 Å². The Balaban J connectivity index is 1.73. The molecule has 2 aromatic rings. The maximum atomic E-state index is 11.8. The molecule has 0 radical (unpaired) electrons. The van der Waals surface area contributed by atoms with Crippen LogP contribution in [0.1, 0.15) is 5.56 Å². The maximum Gasteiger partial charge on any atom is 0.224 e. The largest absolute Gasteiger partial charge is 0.493 e. The monoisotopic (exact) mass is 319 g/mol. The van der Waals surface area contributed by atoms with Gasteiger partial charge in [-0.25, -0.2) is 0 Å².